The number of rotatable bonds is 1. The molecule has 0 aromatic heterocycles. The molecule has 2 aliphatic carbocycles. The van der Waals surface area contributed by atoms with E-state index in [-0.39, 0.29) is 11.8 Å². The molecule has 2 rings (SSSR count). The zero-order valence-electron chi connectivity index (χ0n) is 8.71. The number of hydrogen-bond donors (Lipinski definition) is 0. The molecule has 1 unspecified atom stereocenters. The Morgan fingerprint density at radius 2 is 2.21 bits per heavy atom. The number of hydrogen-bond acceptors (Lipinski definition) is 3. The number of carbonyl (C=O) groups is 2. The highest BCUT2D eigenvalue weighted by Crippen LogP contribution is 2.51. The summed E-state index contributed by atoms with van der Waals surface area (Å²) in [4.78, 5) is 23.5. The highest BCUT2D eigenvalue weighted by molar-refractivity contribution is 6.05. The van der Waals surface area contributed by atoms with E-state index in [4.69, 9.17) is 4.74 Å². The fourth-order valence-corrected chi connectivity index (χ4v) is 3.22. The Labute approximate surface area is 83.8 Å². The van der Waals surface area contributed by atoms with E-state index in [1.54, 1.807) is 0 Å². The van der Waals surface area contributed by atoms with Crippen molar-refractivity contribution >= 4 is 11.8 Å². The van der Waals surface area contributed by atoms with Gasteiger partial charge < -0.3 is 4.74 Å². The Morgan fingerprint density at radius 1 is 1.50 bits per heavy atom. The molecule has 0 aromatic rings. The quantitative estimate of drug-likeness (QED) is 0.472. The van der Waals surface area contributed by atoms with Crippen LogP contribution in [0.5, 0.6) is 0 Å². The summed E-state index contributed by atoms with van der Waals surface area (Å²) in [5.74, 6) is 0.694. The average Bonchev–Trinajstić information content (AvgIpc) is 2.37. The van der Waals surface area contributed by atoms with Gasteiger partial charge in [0.1, 0.15) is 11.2 Å². The van der Waals surface area contributed by atoms with Gasteiger partial charge in [-0.3, -0.25) is 9.59 Å². The molecule has 0 aromatic carbocycles. The first-order chi connectivity index (χ1) is 6.58. The minimum Gasteiger partial charge on any atom is -0.468 e. The lowest BCUT2D eigenvalue weighted by molar-refractivity contribution is -0.158. The fraction of sp³-hybridized carbons (Fsp3) is 0.818. The predicted octanol–water partition coefficient (Wildman–Crippen LogP) is 1.55. The summed E-state index contributed by atoms with van der Waals surface area (Å²) in [7, 11) is 1.37. The molecule has 0 N–H and O–H groups in total. The summed E-state index contributed by atoms with van der Waals surface area (Å²) >= 11 is 0. The minimum absolute atomic E-state index is 0.110. The van der Waals surface area contributed by atoms with Crippen molar-refractivity contribution in [2.24, 2.45) is 17.3 Å². The Morgan fingerprint density at radius 3 is 2.86 bits per heavy atom. The highest BCUT2D eigenvalue weighted by Gasteiger charge is 2.56. The SMILES string of the molecule is COC(=O)[C@@]12CC(C)C[C@@H](CC1=O)C2. The first-order valence-corrected chi connectivity index (χ1v) is 5.20. The number of fused-ring (bicyclic) bond motifs is 2. The van der Waals surface area contributed by atoms with Crippen LogP contribution in [0.1, 0.15) is 32.6 Å². The smallest absolute Gasteiger partial charge is 0.319 e. The molecule has 0 radical (unpaired) electrons. The van der Waals surface area contributed by atoms with Gasteiger partial charge in [0.15, 0.2) is 0 Å². The van der Waals surface area contributed by atoms with Gasteiger partial charge in [-0.25, -0.2) is 0 Å². The van der Waals surface area contributed by atoms with Crippen LogP contribution in [0.25, 0.3) is 0 Å². The van der Waals surface area contributed by atoms with E-state index in [1.165, 1.54) is 7.11 Å². The molecule has 14 heavy (non-hydrogen) atoms. The zero-order valence-corrected chi connectivity index (χ0v) is 8.71. The minimum atomic E-state index is -0.767. The summed E-state index contributed by atoms with van der Waals surface area (Å²) in [6.07, 6.45) is 3.09. The van der Waals surface area contributed by atoms with E-state index >= 15 is 0 Å². The van der Waals surface area contributed by atoms with Crippen LogP contribution in [0.4, 0.5) is 0 Å². The number of carbonyl (C=O) groups excluding carboxylic acids is 2. The van der Waals surface area contributed by atoms with Crippen LogP contribution in [0, 0.1) is 17.3 Å². The summed E-state index contributed by atoms with van der Waals surface area (Å²) in [5.41, 5.74) is -0.767. The maximum Gasteiger partial charge on any atom is 0.319 e. The van der Waals surface area contributed by atoms with Crippen molar-refractivity contribution in [2.45, 2.75) is 32.6 Å². The van der Waals surface area contributed by atoms with Crippen LogP contribution in [0.3, 0.4) is 0 Å². The van der Waals surface area contributed by atoms with Gasteiger partial charge in [-0.15, -0.1) is 0 Å². The van der Waals surface area contributed by atoms with E-state index in [2.05, 4.69) is 6.92 Å². The third-order valence-corrected chi connectivity index (χ3v) is 3.65. The average molecular weight is 196 g/mol. The molecule has 2 saturated carbocycles. The van der Waals surface area contributed by atoms with Crippen molar-refractivity contribution < 1.29 is 14.3 Å². The second-order valence-corrected chi connectivity index (χ2v) is 4.82. The Balaban J connectivity index is 2.31. The van der Waals surface area contributed by atoms with Crippen molar-refractivity contribution in [1.29, 1.82) is 0 Å². The molecule has 3 heteroatoms. The van der Waals surface area contributed by atoms with Crippen molar-refractivity contribution in [3.05, 3.63) is 0 Å². The van der Waals surface area contributed by atoms with Crippen LogP contribution < -0.4 is 0 Å². The normalized spacial score (nSPS) is 41.1. The van der Waals surface area contributed by atoms with Crippen LogP contribution in [-0.2, 0) is 14.3 Å². The molecule has 3 atom stereocenters. The number of methoxy groups -OCH3 is 1. The van der Waals surface area contributed by atoms with Gasteiger partial charge in [0.2, 0.25) is 0 Å². The summed E-state index contributed by atoms with van der Waals surface area (Å²) in [6, 6.07) is 0. The summed E-state index contributed by atoms with van der Waals surface area (Å²) in [6.45, 7) is 2.11. The molecule has 0 heterocycles. The van der Waals surface area contributed by atoms with E-state index in [1.807, 2.05) is 0 Å². The zero-order chi connectivity index (χ0) is 10.3. The molecular formula is C11H16O3. The molecule has 3 nitrogen and oxygen atoms in total. The highest BCUT2D eigenvalue weighted by atomic mass is 16.5. The van der Waals surface area contributed by atoms with E-state index < -0.39 is 5.41 Å². The topological polar surface area (TPSA) is 43.4 Å². The van der Waals surface area contributed by atoms with Crippen molar-refractivity contribution in [2.75, 3.05) is 7.11 Å². The summed E-state index contributed by atoms with van der Waals surface area (Å²) in [5, 5.41) is 0. The molecule has 78 valence electrons. The number of Topliss-reactive ketones (excluding diaryl/α,β-unsaturated/α-hetero) is 1. The van der Waals surface area contributed by atoms with Gasteiger partial charge in [0.25, 0.3) is 0 Å². The predicted molar refractivity (Wildman–Crippen MR) is 50.6 cm³/mol. The van der Waals surface area contributed by atoms with Crippen LogP contribution >= 0.6 is 0 Å². The van der Waals surface area contributed by atoms with Gasteiger partial charge in [0.05, 0.1) is 7.11 Å². The molecule has 0 amide bonds. The molecule has 0 aliphatic heterocycles. The number of ether oxygens (including phenoxy) is 1. The number of esters is 1. The monoisotopic (exact) mass is 196 g/mol. The van der Waals surface area contributed by atoms with Gasteiger partial charge in [0, 0.05) is 6.42 Å². The number of ketones is 1. The molecule has 0 saturated heterocycles. The van der Waals surface area contributed by atoms with E-state index in [9.17, 15) is 9.59 Å². The molecular weight excluding hydrogens is 180 g/mol. The third-order valence-electron chi connectivity index (χ3n) is 3.65. The van der Waals surface area contributed by atoms with Crippen molar-refractivity contribution in [3.63, 3.8) is 0 Å². The molecule has 0 spiro atoms. The van der Waals surface area contributed by atoms with Gasteiger partial charge in [-0.2, -0.15) is 0 Å². The first-order valence-electron chi connectivity index (χ1n) is 5.20. The van der Waals surface area contributed by atoms with E-state index in [0.29, 0.717) is 24.7 Å². The second-order valence-electron chi connectivity index (χ2n) is 4.82. The lowest BCUT2D eigenvalue weighted by Gasteiger charge is -2.32. The maximum absolute atomic E-state index is 11.8. The lowest BCUT2D eigenvalue weighted by Crippen LogP contribution is -2.39. The van der Waals surface area contributed by atoms with Crippen molar-refractivity contribution in [1.82, 2.24) is 0 Å². The Kier molecular flexibility index (Phi) is 2.13. The molecule has 2 bridgehead atoms. The second kappa shape index (κ2) is 3.07. The van der Waals surface area contributed by atoms with Crippen LogP contribution in [0.15, 0.2) is 0 Å². The van der Waals surface area contributed by atoms with Gasteiger partial charge >= 0.3 is 5.97 Å². The van der Waals surface area contributed by atoms with E-state index in [0.717, 1.165) is 12.8 Å². The van der Waals surface area contributed by atoms with Crippen LogP contribution in [0.2, 0.25) is 0 Å². The third kappa shape index (κ3) is 1.18. The standard InChI is InChI=1S/C11H16O3/c1-7-3-8-4-9(12)11(5-7,6-8)10(13)14-2/h7-8H,3-6H2,1-2H3/t7?,8-,11+/m0/s1. The maximum atomic E-state index is 11.8. The van der Waals surface area contributed by atoms with Gasteiger partial charge in [-0.1, -0.05) is 6.92 Å². The van der Waals surface area contributed by atoms with Gasteiger partial charge in [-0.05, 0) is 31.1 Å². The Bertz CT molecular complexity index is 274. The Hall–Kier alpha value is -0.860. The molecule has 2 aliphatic rings. The lowest BCUT2D eigenvalue weighted by atomic mass is 9.71. The summed E-state index contributed by atoms with van der Waals surface area (Å²) < 4.78 is 4.77. The molecule has 2 fully saturated rings. The fourth-order valence-electron chi connectivity index (χ4n) is 3.22. The van der Waals surface area contributed by atoms with Crippen LogP contribution in [-0.4, -0.2) is 18.9 Å². The van der Waals surface area contributed by atoms with Crippen molar-refractivity contribution in [3.8, 4) is 0 Å². The largest absolute Gasteiger partial charge is 0.468 e. The first kappa shape index (κ1) is 9.69.